The van der Waals surface area contributed by atoms with E-state index in [4.69, 9.17) is 0 Å². The van der Waals surface area contributed by atoms with Crippen molar-refractivity contribution in [3.63, 3.8) is 0 Å². The van der Waals surface area contributed by atoms with Crippen LogP contribution in [0.15, 0.2) is 47.5 Å². The van der Waals surface area contributed by atoms with Crippen molar-refractivity contribution in [2.45, 2.75) is 11.8 Å². The number of pyridine rings is 1. The van der Waals surface area contributed by atoms with Gasteiger partial charge in [-0.15, -0.1) is 0 Å². The van der Waals surface area contributed by atoms with Crippen molar-refractivity contribution < 1.29 is 12.8 Å². The highest BCUT2D eigenvalue weighted by atomic mass is 32.2. The van der Waals surface area contributed by atoms with E-state index in [1.54, 1.807) is 20.0 Å². The van der Waals surface area contributed by atoms with E-state index < -0.39 is 15.8 Å². The van der Waals surface area contributed by atoms with Crippen LogP contribution in [-0.4, -0.2) is 27.0 Å². The topological polar surface area (TPSA) is 62.3 Å². The van der Waals surface area contributed by atoms with Crippen molar-refractivity contribution in [3.8, 4) is 0 Å². The molecule has 0 amide bonds. The number of aromatic nitrogens is 1. The summed E-state index contributed by atoms with van der Waals surface area (Å²) in [5.74, 6) is -0.147. The number of nitrogens with one attached hydrogen (secondary N) is 1. The van der Waals surface area contributed by atoms with E-state index in [0.29, 0.717) is 5.82 Å². The first kappa shape index (κ1) is 15.2. The molecule has 112 valence electrons. The van der Waals surface area contributed by atoms with Crippen LogP contribution in [0, 0.1) is 5.82 Å². The van der Waals surface area contributed by atoms with Crippen LogP contribution in [0.25, 0.3) is 0 Å². The van der Waals surface area contributed by atoms with Gasteiger partial charge in [-0.3, -0.25) is 4.31 Å². The van der Waals surface area contributed by atoms with Crippen molar-refractivity contribution in [2.75, 3.05) is 23.2 Å². The summed E-state index contributed by atoms with van der Waals surface area (Å²) in [7, 11) is -2.20. The molecule has 7 heteroatoms. The molecule has 0 spiro atoms. The zero-order valence-corrected chi connectivity index (χ0v) is 12.6. The minimum atomic E-state index is -3.85. The van der Waals surface area contributed by atoms with Crippen LogP contribution in [0.4, 0.5) is 15.9 Å². The van der Waals surface area contributed by atoms with Crippen LogP contribution in [0.1, 0.15) is 6.92 Å². The van der Waals surface area contributed by atoms with Gasteiger partial charge in [0.25, 0.3) is 10.0 Å². The molecule has 21 heavy (non-hydrogen) atoms. The van der Waals surface area contributed by atoms with Crippen molar-refractivity contribution in [1.82, 2.24) is 4.98 Å². The highest BCUT2D eigenvalue weighted by Gasteiger charge is 2.25. The maximum absolute atomic E-state index is 13.9. The van der Waals surface area contributed by atoms with Gasteiger partial charge in [0, 0.05) is 25.9 Å². The number of nitrogens with zero attached hydrogens (tertiary/aromatic N) is 2. The van der Waals surface area contributed by atoms with E-state index in [9.17, 15) is 12.8 Å². The van der Waals surface area contributed by atoms with Crippen LogP contribution in [0.3, 0.4) is 0 Å². The quantitative estimate of drug-likeness (QED) is 0.921. The largest absolute Gasteiger partial charge is 0.373 e. The van der Waals surface area contributed by atoms with Gasteiger partial charge in [-0.1, -0.05) is 12.1 Å². The standard InChI is InChI=1S/C14H16FN3O2S/c1-3-18(13-7-5-4-6-12(13)15)21(19,20)11-8-9-17-14(10-11)16-2/h4-10H,3H2,1-2H3,(H,16,17). The van der Waals surface area contributed by atoms with Gasteiger partial charge in [-0.05, 0) is 25.1 Å². The average molecular weight is 309 g/mol. The molecule has 0 radical (unpaired) electrons. The Morgan fingerprint density at radius 2 is 2.00 bits per heavy atom. The number of hydrogen-bond donors (Lipinski definition) is 1. The zero-order chi connectivity index (χ0) is 15.5. The molecule has 0 aliphatic heterocycles. The van der Waals surface area contributed by atoms with Gasteiger partial charge in [0.15, 0.2) is 0 Å². The summed E-state index contributed by atoms with van der Waals surface area (Å²) in [6, 6.07) is 8.60. The summed E-state index contributed by atoms with van der Waals surface area (Å²) in [5.41, 5.74) is 0.0304. The molecule has 5 nitrogen and oxygen atoms in total. The third kappa shape index (κ3) is 2.97. The number of sulfonamides is 1. The molecule has 2 aromatic rings. The number of hydrogen-bond acceptors (Lipinski definition) is 4. The molecule has 0 aliphatic carbocycles. The van der Waals surface area contributed by atoms with E-state index in [1.807, 2.05) is 0 Å². The minimum absolute atomic E-state index is 0.0304. The molecule has 0 aliphatic rings. The second kappa shape index (κ2) is 6.09. The first-order valence-electron chi connectivity index (χ1n) is 6.41. The molecule has 2 rings (SSSR count). The second-order valence-corrected chi connectivity index (χ2v) is 6.11. The molecule has 0 saturated carbocycles. The van der Waals surface area contributed by atoms with E-state index in [1.165, 1.54) is 36.5 Å². The smallest absolute Gasteiger partial charge is 0.264 e. The lowest BCUT2D eigenvalue weighted by atomic mass is 10.3. The van der Waals surface area contributed by atoms with Crippen LogP contribution < -0.4 is 9.62 Å². The Morgan fingerprint density at radius 3 is 2.62 bits per heavy atom. The third-order valence-electron chi connectivity index (χ3n) is 2.98. The molecule has 0 bridgehead atoms. The highest BCUT2D eigenvalue weighted by Crippen LogP contribution is 2.26. The maximum atomic E-state index is 13.9. The lowest BCUT2D eigenvalue weighted by Gasteiger charge is -2.23. The Labute approximate surface area is 123 Å². The molecule has 1 N–H and O–H groups in total. The molecular weight excluding hydrogens is 293 g/mol. The Hall–Kier alpha value is -2.15. The average Bonchev–Trinajstić information content (AvgIpc) is 2.50. The van der Waals surface area contributed by atoms with E-state index >= 15 is 0 Å². The number of anilines is 2. The van der Waals surface area contributed by atoms with Gasteiger partial charge >= 0.3 is 0 Å². The third-order valence-corrected chi connectivity index (χ3v) is 4.87. The van der Waals surface area contributed by atoms with Crippen molar-refractivity contribution in [3.05, 3.63) is 48.4 Å². The molecule has 0 fully saturated rings. The Morgan fingerprint density at radius 1 is 1.29 bits per heavy atom. The summed E-state index contributed by atoms with van der Waals surface area (Å²) in [4.78, 5) is 4.04. The lowest BCUT2D eigenvalue weighted by Crippen LogP contribution is -2.31. The number of benzene rings is 1. The Kier molecular flexibility index (Phi) is 4.42. The second-order valence-electron chi connectivity index (χ2n) is 4.25. The van der Waals surface area contributed by atoms with Gasteiger partial charge in [0.2, 0.25) is 0 Å². The summed E-state index contributed by atoms with van der Waals surface area (Å²) in [6.45, 7) is 1.78. The molecular formula is C14H16FN3O2S. The number of rotatable bonds is 5. The van der Waals surface area contributed by atoms with Gasteiger partial charge in [0.1, 0.15) is 11.6 Å². The minimum Gasteiger partial charge on any atom is -0.373 e. The monoisotopic (exact) mass is 309 g/mol. The first-order valence-corrected chi connectivity index (χ1v) is 7.85. The van der Waals surface area contributed by atoms with Crippen molar-refractivity contribution in [2.24, 2.45) is 0 Å². The molecule has 0 unspecified atom stereocenters. The molecule has 0 saturated heterocycles. The van der Waals surface area contributed by atoms with E-state index in [-0.39, 0.29) is 17.1 Å². The van der Waals surface area contributed by atoms with Gasteiger partial charge < -0.3 is 5.32 Å². The van der Waals surface area contributed by atoms with Crippen LogP contribution in [0.5, 0.6) is 0 Å². The predicted molar refractivity (Wildman–Crippen MR) is 80.4 cm³/mol. The number of halogens is 1. The van der Waals surface area contributed by atoms with Gasteiger partial charge in [0.05, 0.1) is 10.6 Å². The first-order chi connectivity index (χ1) is 10.0. The number of para-hydroxylation sites is 1. The fraction of sp³-hybridized carbons (Fsp3) is 0.214. The SMILES string of the molecule is CCN(c1ccccc1F)S(=O)(=O)c1ccnc(NC)c1. The molecule has 1 aromatic carbocycles. The summed E-state index contributed by atoms with van der Waals surface area (Å²) in [5, 5.41) is 2.78. The zero-order valence-electron chi connectivity index (χ0n) is 11.7. The summed E-state index contributed by atoms with van der Waals surface area (Å²) < 4.78 is 40.3. The van der Waals surface area contributed by atoms with Gasteiger partial charge in [-0.2, -0.15) is 0 Å². The normalized spacial score (nSPS) is 11.2. The lowest BCUT2D eigenvalue weighted by molar-refractivity contribution is 0.586. The molecule has 0 atom stereocenters. The van der Waals surface area contributed by atoms with Gasteiger partial charge in [-0.25, -0.2) is 17.8 Å². The predicted octanol–water partition coefficient (Wildman–Crippen LogP) is 2.48. The maximum Gasteiger partial charge on any atom is 0.264 e. The highest BCUT2D eigenvalue weighted by molar-refractivity contribution is 7.92. The Bertz CT molecular complexity index is 735. The van der Waals surface area contributed by atoms with Crippen molar-refractivity contribution >= 4 is 21.5 Å². The van der Waals surface area contributed by atoms with E-state index in [0.717, 1.165) is 4.31 Å². The van der Waals surface area contributed by atoms with E-state index in [2.05, 4.69) is 10.3 Å². The summed E-state index contributed by atoms with van der Waals surface area (Å²) in [6.07, 6.45) is 1.40. The summed E-state index contributed by atoms with van der Waals surface area (Å²) >= 11 is 0. The molecule has 1 aromatic heterocycles. The fourth-order valence-electron chi connectivity index (χ4n) is 1.96. The van der Waals surface area contributed by atoms with Crippen LogP contribution in [-0.2, 0) is 10.0 Å². The fourth-order valence-corrected chi connectivity index (χ4v) is 3.45. The Balaban J connectivity index is 2.52. The van der Waals surface area contributed by atoms with Crippen molar-refractivity contribution in [1.29, 1.82) is 0 Å². The molecule has 1 heterocycles. The van der Waals surface area contributed by atoms with Crippen LogP contribution >= 0.6 is 0 Å². The van der Waals surface area contributed by atoms with Crippen LogP contribution in [0.2, 0.25) is 0 Å².